The van der Waals surface area contributed by atoms with Crippen LogP contribution in [0, 0.1) is 6.92 Å². The number of nitrogens with one attached hydrogen (secondary N) is 2. The summed E-state index contributed by atoms with van der Waals surface area (Å²) in [7, 11) is 0. The number of benzene rings is 1. The van der Waals surface area contributed by atoms with Crippen LogP contribution in [0.1, 0.15) is 41.9 Å². The summed E-state index contributed by atoms with van der Waals surface area (Å²) < 4.78 is 1.73. The third-order valence-electron chi connectivity index (χ3n) is 5.77. The summed E-state index contributed by atoms with van der Waals surface area (Å²) in [6.07, 6.45) is 6.17. The second kappa shape index (κ2) is 8.65. The van der Waals surface area contributed by atoms with Crippen molar-refractivity contribution in [2.75, 3.05) is 0 Å². The molecule has 2 fully saturated rings. The molecule has 0 radical (unpaired) electrons. The summed E-state index contributed by atoms with van der Waals surface area (Å²) in [4.78, 5) is 17.2. The number of carbonyl (C=O) groups excluding carboxylic acids is 1. The zero-order valence-corrected chi connectivity index (χ0v) is 17.7. The summed E-state index contributed by atoms with van der Waals surface area (Å²) in [6, 6.07) is 11.1. The Bertz CT molecular complexity index is 1010. The molecule has 9 heteroatoms. The largest absolute Gasteiger partial charge is 0.348 e. The highest BCUT2D eigenvalue weighted by Crippen LogP contribution is 2.27. The lowest BCUT2D eigenvalue weighted by molar-refractivity contribution is 0.0918. The maximum Gasteiger partial charge on any atom is 0.273 e. The van der Waals surface area contributed by atoms with Crippen molar-refractivity contribution in [2.45, 2.75) is 50.7 Å². The quantitative estimate of drug-likeness (QED) is 0.661. The number of aromatic nitrogens is 4. The number of piperidine rings is 1. The van der Waals surface area contributed by atoms with Gasteiger partial charge in [-0.2, -0.15) is 0 Å². The van der Waals surface area contributed by atoms with Gasteiger partial charge >= 0.3 is 0 Å². The van der Waals surface area contributed by atoms with Crippen molar-refractivity contribution in [3.63, 3.8) is 0 Å². The van der Waals surface area contributed by atoms with Crippen LogP contribution in [0.3, 0.4) is 0 Å². The smallest absolute Gasteiger partial charge is 0.273 e. The van der Waals surface area contributed by atoms with E-state index in [0.29, 0.717) is 17.8 Å². The molecule has 1 amide bonds. The molecule has 0 aliphatic carbocycles. The lowest BCUT2D eigenvalue weighted by Crippen LogP contribution is -2.48. The Kier molecular flexibility index (Phi) is 6.41. The van der Waals surface area contributed by atoms with Crippen LogP contribution in [0.5, 0.6) is 0 Å². The average molecular weight is 435 g/mol. The molecule has 4 heterocycles. The number of halogens is 2. The molecular formula is C20H24Cl2N6O. The van der Waals surface area contributed by atoms with Crippen LogP contribution in [0.25, 0.3) is 16.6 Å². The molecule has 1 aromatic carbocycles. The van der Waals surface area contributed by atoms with E-state index in [4.69, 9.17) is 0 Å². The van der Waals surface area contributed by atoms with Gasteiger partial charge < -0.3 is 10.6 Å². The first kappa shape index (κ1) is 21.5. The lowest BCUT2D eigenvalue weighted by atomic mass is 9.99. The number of pyridine rings is 1. The van der Waals surface area contributed by atoms with E-state index < -0.39 is 0 Å². The fourth-order valence-electron chi connectivity index (χ4n) is 4.47. The van der Waals surface area contributed by atoms with Gasteiger partial charge in [-0.15, -0.1) is 29.9 Å². The van der Waals surface area contributed by atoms with Crippen molar-refractivity contribution in [2.24, 2.45) is 0 Å². The topological polar surface area (TPSA) is 84.7 Å². The normalized spacial score (nSPS) is 22.6. The van der Waals surface area contributed by atoms with Gasteiger partial charge in [-0.05, 0) is 56.9 Å². The molecule has 0 spiro atoms. The Hall–Kier alpha value is -2.22. The third-order valence-corrected chi connectivity index (χ3v) is 5.77. The monoisotopic (exact) mass is 434 g/mol. The lowest BCUT2D eigenvalue weighted by Gasteiger charge is -2.29. The van der Waals surface area contributed by atoms with Crippen molar-refractivity contribution in [3.8, 4) is 5.69 Å². The molecule has 29 heavy (non-hydrogen) atoms. The highest BCUT2D eigenvalue weighted by atomic mass is 35.5. The molecule has 2 saturated heterocycles. The van der Waals surface area contributed by atoms with E-state index in [-0.39, 0.29) is 36.8 Å². The maximum absolute atomic E-state index is 12.8. The number of hydrogen-bond acceptors (Lipinski definition) is 5. The van der Waals surface area contributed by atoms with Gasteiger partial charge in [-0.25, -0.2) is 4.68 Å². The van der Waals surface area contributed by atoms with Crippen molar-refractivity contribution in [3.05, 3.63) is 47.9 Å². The van der Waals surface area contributed by atoms with Crippen LogP contribution in [0.15, 0.2) is 36.5 Å². The van der Waals surface area contributed by atoms with Crippen LogP contribution < -0.4 is 10.6 Å². The van der Waals surface area contributed by atoms with Gasteiger partial charge in [0.15, 0.2) is 5.69 Å². The molecule has 2 unspecified atom stereocenters. The number of fused-ring (bicyclic) bond motifs is 3. The summed E-state index contributed by atoms with van der Waals surface area (Å²) in [5.41, 5.74) is 2.90. The molecule has 3 aromatic rings. The van der Waals surface area contributed by atoms with E-state index in [1.807, 2.05) is 37.3 Å². The minimum Gasteiger partial charge on any atom is -0.348 e. The average Bonchev–Trinajstić information content (AvgIpc) is 3.23. The number of rotatable bonds is 3. The molecule has 2 aliphatic rings. The van der Waals surface area contributed by atoms with E-state index in [1.54, 1.807) is 10.9 Å². The number of nitrogens with zero attached hydrogens (tertiary/aromatic N) is 4. The number of carbonyl (C=O) groups is 1. The van der Waals surface area contributed by atoms with Crippen molar-refractivity contribution in [1.29, 1.82) is 0 Å². The molecule has 154 valence electrons. The molecular weight excluding hydrogens is 411 g/mol. The maximum atomic E-state index is 12.8. The first-order chi connectivity index (χ1) is 13.2. The van der Waals surface area contributed by atoms with E-state index in [2.05, 4.69) is 25.9 Å². The minimum atomic E-state index is -0.136. The molecule has 7 nitrogen and oxygen atoms in total. The predicted molar refractivity (Wildman–Crippen MR) is 116 cm³/mol. The van der Waals surface area contributed by atoms with E-state index in [9.17, 15) is 4.79 Å². The summed E-state index contributed by atoms with van der Waals surface area (Å²) in [5.74, 6) is -0.136. The van der Waals surface area contributed by atoms with Gasteiger partial charge in [-0.1, -0.05) is 11.3 Å². The molecule has 2 aromatic heterocycles. The van der Waals surface area contributed by atoms with Crippen LogP contribution in [-0.4, -0.2) is 44.0 Å². The fraction of sp³-hybridized carbons (Fsp3) is 0.400. The SMILES string of the molecule is Cc1c(C(=O)NC2CC3CCC(C2)N3)nnn1-c1cccc2ncccc12.Cl.Cl. The second-order valence-corrected chi connectivity index (χ2v) is 7.56. The van der Waals surface area contributed by atoms with Crippen LogP contribution in [0.4, 0.5) is 0 Å². The predicted octanol–water partition coefficient (Wildman–Crippen LogP) is 2.98. The van der Waals surface area contributed by atoms with E-state index in [1.165, 1.54) is 12.8 Å². The summed E-state index contributed by atoms with van der Waals surface area (Å²) in [6.45, 7) is 1.89. The Balaban J connectivity index is 0.00000120. The Morgan fingerprint density at radius 1 is 1.14 bits per heavy atom. The highest BCUT2D eigenvalue weighted by Gasteiger charge is 2.34. The third kappa shape index (κ3) is 3.95. The van der Waals surface area contributed by atoms with Gasteiger partial charge in [0.25, 0.3) is 5.91 Å². The van der Waals surface area contributed by atoms with Crippen molar-refractivity contribution >= 4 is 41.6 Å². The Labute approximate surface area is 181 Å². The van der Waals surface area contributed by atoms with Gasteiger partial charge in [-0.3, -0.25) is 9.78 Å². The highest BCUT2D eigenvalue weighted by molar-refractivity contribution is 5.94. The molecule has 2 N–H and O–H groups in total. The van der Waals surface area contributed by atoms with Gasteiger partial charge in [0.05, 0.1) is 16.9 Å². The standard InChI is InChI=1S/C20H22N6O.2ClH/c1-12-19(20(27)23-15-10-13-7-8-14(11-15)22-13)24-25-26(12)18-6-2-5-17-16(18)4-3-9-21-17;;/h2-6,9,13-15,22H,7-8,10-11H2,1H3,(H,23,27);2*1H. The molecule has 2 bridgehead atoms. The molecule has 2 atom stereocenters. The van der Waals surface area contributed by atoms with Crippen molar-refractivity contribution < 1.29 is 4.79 Å². The van der Waals surface area contributed by atoms with E-state index >= 15 is 0 Å². The van der Waals surface area contributed by atoms with Crippen LogP contribution in [-0.2, 0) is 0 Å². The first-order valence-electron chi connectivity index (χ1n) is 9.52. The molecule has 2 aliphatic heterocycles. The Morgan fingerprint density at radius 2 is 1.90 bits per heavy atom. The molecule has 0 saturated carbocycles. The van der Waals surface area contributed by atoms with Crippen LogP contribution >= 0.6 is 24.8 Å². The zero-order valence-electron chi connectivity index (χ0n) is 16.0. The second-order valence-electron chi connectivity index (χ2n) is 7.56. The minimum absolute atomic E-state index is 0. The number of amides is 1. The van der Waals surface area contributed by atoms with Gasteiger partial charge in [0, 0.05) is 29.7 Å². The molecule has 5 rings (SSSR count). The fourth-order valence-corrected chi connectivity index (χ4v) is 4.47. The van der Waals surface area contributed by atoms with E-state index in [0.717, 1.165) is 35.1 Å². The van der Waals surface area contributed by atoms with Gasteiger partial charge in [0.2, 0.25) is 0 Å². The zero-order chi connectivity index (χ0) is 18.4. The number of hydrogen-bond donors (Lipinski definition) is 2. The van der Waals surface area contributed by atoms with Crippen molar-refractivity contribution in [1.82, 2.24) is 30.6 Å². The first-order valence-corrected chi connectivity index (χ1v) is 9.52. The summed E-state index contributed by atoms with van der Waals surface area (Å²) in [5, 5.41) is 16.2. The summed E-state index contributed by atoms with van der Waals surface area (Å²) >= 11 is 0. The Morgan fingerprint density at radius 3 is 2.66 bits per heavy atom. The van der Waals surface area contributed by atoms with Crippen LogP contribution in [0.2, 0.25) is 0 Å². The van der Waals surface area contributed by atoms with Gasteiger partial charge in [0.1, 0.15) is 0 Å².